The summed E-state index contributed by atoms with van der Waals surface area (Å²) in [7, 11) is 0. The number of hydrogen-bond donors (Lipinski definition) is 2. The van der Waals surface area contributed by atoms with E-state index in [9.17, 15) is 0 Å². The van der Waals surface area contributed by atoms with Crippen molar-refractivity contribution in [1.82, 2.24) is 0 Å². The summed E-state index contributed by atoms with van der Waals surface area (Å²) >= 11 is 17.3. The van der Waals surface area contributed by atoms with Gasteiger partial charge in [-0.05, 0) is 23.7 Å². The topological polar surface area (TPSA) is 0 Å². The first-order valence-electron chi connectivity index (χ1n) is 3.36. The normalized spacial score (nSPS) is 13.8. The second-order valence-electron chi connectivity index (χ2n) is 2.28. The molecule has 0 aromatic heterocycles. The number of rotatable bonds is 0. The van der Waals surface area contributed by atoms with Crippen LogP contribution < -0.4 is 0 Å². The number of thiol groups is 2. The Morgan fingerprint density at radius 1 is 0.750 bits per heavy atom. The molecule has 12 heavy (non-hydrogen) atoms. The van der Waals surface area contributed by atoms with E-state index in [1.807, 2.05) is 27.7 Å². The van der Waals surface area contributed by atoms with Crippen LogP contribution in [0.5, 0.6) is 0 Å². The Labute approximate surface area is 97.5 Å². The van der Waals surface area contributed by atoms with Gasteiger partial charge in [0.25, 0.3) is 0 Å². The minimum atomic E-state index is 0.824. The smallest absolute Gasteiger partial charge is 0.0126 e. The zero-order valence-electron chi connectivity index (χ0n) is 7.71. The molecule has 0 nitrogen and oxygen atoms in total. The first-order chi connectivity index (χ1) is 5.29. The van der Waals surface area contributed by atoms with Crippen molar-refractivity contribution in [2.75, 3.05) is 0 Å². The van der Waals surface area contributed by atoms with Crippen molar-refractivity contribution in [3.05, 3.63) is 19.6 Å². The second-order valence-corrected chi connectivity index (χ2v) is 4.85. The van der Waals surface area contributed by atoms with Crippen molar-refractivity contribution >= 4 is 50.5 Å². The molecule has 0 heterocycles. The second kappa shape index (κ2) is 8.23. The molecule has 0 aromatic rings. The highest BCUT2D eigenvalue weighted by atomic mass is 32.1. The molecule has 4 heteroatoms. The van der Waals surface area contributed by atoms with Gasteiger partial charge < -0.3 is 25.3 Å². The molecular formula is C8H14S4-2. The standard InChI is InChI=1S/2C4H8S2/c2*1-3(5)4(2)6/h2*5-6H,1-2H3/p-2/b2*4-3-. The molecule has 0 rings (SSSR count). The van der Waals surface area contributed by atoms with Crippen LogP contribution in [0.25, 0.3) is 0 Å². The lowest BCUT2D eigenvalue weighted by molar-refractivity contribution is 1.57. The minimum absolute atomic E-state index is 0.824. The Bertz CT molecular complexity index is 133. The van der Waals surface area contributed by atoms with Crippen molar-refractivity contribution in [2.24, 2.45) is 0 Å². The Morgan fingerprint density at radius 3 is 0.917 bits per heavy atom. The van der Waals surface area contributed by atoms with Gasteiger partial charge in [-0.1, -0.05) is 13.8 Å². The fourth-order valence-electron chi connectivity index (χ4n) is 0. The van der Waals surface area contributed by atoms with Crippen molar-refractivity contribution in [3.63, 3.8) is 0 Å². The molecule has 0 unspecified atom stereocenters. The SMILES string of the molecule is C/C(S)=C(\C)S.C/C([S-])=C(\C)[S-]. The molecule has 0 aliphatic heterocycles. The zero-order valence-corrected chi connectivity index (χ0v) is 11.1. The van der Waals surface area contributed by atoms with Crippen LogP contribution >= 0.6 is 25.3 Å². The van der Waals surface area contributed by atoms with Crippen LogP contribution in [0.2, 0.25) is 0 Å². The lowest BCUT2D eigenvalue weighted by atomic mass is 10.6. The molecule has 0 spiro atoms. The maximum absolute atomic E-state index is 4.68. The largest absolute Gasteiger partial charge is 0.786 e. The first-order valence-corrected chi connectivity index (χ1v) is 5.07. The van der Waals surface area contributed by atoms with Gasteiger partial charge >= 0.3 is 0 Å². The quantitative estimate of drug-likeness (QED) is 0.490. The summed E-state index contributed by atoms with van der Waals surface area (Å²) in [4.78, 5) is 3.62. The Kier molecular flexibility index (Phi) is 10.4. The first kappa shape index (κ1) is 15.1. The lowest BCUT2D eigenvalue weighted by Gasteiger charge is -2.15. The third-order valence-electron chi connectivity index (χ3n) is 1.02. The van der Waals surface area contributed by atoms with E-state index < -0.39 is 0 Å². The van der Waals surface area contributed by atoms with Gasteiger partial charge in [-0.2, -0.15) is 0 Å². The fourth-order valence-corrected chi connectivity index (χ4v) is 0. The van der Waals surface area contributed by atoms with E-state index in [1.54, 1.807) is 0 Å². The third kappa shape index (κ3) is 13.2. The van der Waals surface area contributed by atoms with Gasteiger partial charge in [0.05, 0.1) is 0 Å². The van der Waals surface area contributed by atoms with Crippen molar-refractivity contribution in [2.45, 2.75) is 27.7 Å². The van der Waals surface area contributed by atoms with E-state index in [0.29, 0.717) is 0 Å². The summed E-state index contributed by atoms with van der Waals surface area (Å²) in [5.74, 6) is 0. The van der Waals surface area contributed by atoms with Gasteiger partial charge in [-0.3, -0.25) is 0 Å². The molecule has 0 aliphatic rings. The van der Waals surface area contributed by atoms with Gasteiger partial charge in [0, 0.05) is 0 Å². The molecule has 0 saturated carbocycles. The van der Waals surface area contributed by atoms with Crippen LogP contribution in [0.1, 0.15) is 27.7 Å². The van der Waals surface area contributed by atoms with E-state index in [0.717, 1.165) is 19.6 Å². The average Bonchev–Trinajstić information content (AvgIpc) is 1.88. The molecular weight excluding hydrogens is 224 g/mol. The number of hydrogen-bond acceptors (Lipinski definition) is 4. The average molecular weight is 238 g/mol. The molecule has 0 N–H and O–H groups in total. The van der Waals surface area contributed by atoms with E-state index in [1.165, 1.54) is 0 Å². The van der Waals surface area contributed by atoms with Gasteiger partial charge in [0.15, 0.2) is 0 Å². The molecule has 0 amide bonds. The highest BCUT2D eigenvalue weighted by Crippen LogP contribution is 2.08. The molecule has 0 atom stereocenters. The summed E-state index contributed by atoms with van der Waals surface area (Å²) in [6, 6.07) is 0. The van der Waals surface area contributed by atoms with Gasteiger partial charge in [-0.15, -0.1) is 25.3 Å². The molecule has 0 fully saturated rings. The van der Waals surface area contributed by atoms with Gasteiger partial charge in [0.2, 0.25) is 0 Å². The Morgan fingerprint density at radius 2 is 0.917 bits per heavy atom. The van der Waals surface area contributed by atoms with Crippen LogP contribution in [0.15, 0.2) is 19.6 Å². The summed E-state index contributed by atoms with van der Waals surface area (Å²) in [6.45, 7) is 7.48. The van der Waals surface area contributed by atoms with Crippen molar-refractivity contribution < 1.29 is 0 Å². The molecule has 0 saturated heterocycles. The predicted octanol–water partition coefficient (Wildman–Crippen LogP) is 3.43. The van der Waals surface area contributed by atoms with E-state index in [4.69, 9.17) is 0 Å². The minimum Gasteiger partial charge on any atom is -0.786 e. The van der Waals surface area contributed by atoms with Crippen molar-refractivity contribution in [3.8, 4) is 0 Å². The monoisotopic (exact) mass is 238 g/mol. The number of allylic oxidation sites excluding steroid dienone is 4. The highest BCUT2D eigenvalue weighted by molar-refractivity contribution is 7.88. The summed E-state index contributed by atoms with van der Waals surface area (Å²) in [6.07, 6.45) is 0. The highest BCUT2D eigenvalue weighted by Gasteiger charge is 1.77. The molecule has 0 bridgehead atoms. The van der Waals surface area contributed by atoms with Gasteiger partial charge in [0.1, 0.15) is 0 Å². The van der Waals surface area contributed by atoms with E-state index in [2.05, 4.69) is 50.5 Å². The molecule has 0 aliphatic carbocycles. The van der Waals surface area contributed by atoms with Gasteiger partial charge in [-0.25, -0.2) is 9.81 Å². The predicted molar refractivity (Wildman–Crippen MR) is 69.5 cm³/mol. The van der Waals surface area contributed by atoms with Crippen LogP contribution in [-0.2, 0) is 25.3 Å². The maximum Gasteiger partial charge on any atom is -0.0126 e. The summed E-state index contributed by atoms with van der Waals surface area (Å²) in [5.41, 5.74) is 0. The molecule has 72 valence electrons. The summed E-state index contributed by atoms with van der Waals surface area (Å²) < 4.78 is 0. The van der Waals surface area contributed by atoms with Crippen molar-refractivity contribution in [1.29, 1.82) is 0 Å². The van der Waals surface area contributed by atoms with E-state index >= 15 is 0 Å². The van der Waals surface area contributed by atoms with Crippen LogP contribution in [0.4, 0.5) is 0 Å². The van der Waals surface area contributed by atoms with E-state index in [-0.39, 0.29) is 0 Å². The Balaban J connectivity index is 0. The van der Waals surface area contributed by atoms with Crippen LogP contribution in [0.3, 0.4) is 0 Å². The maximum atomic E-state index is 4.68. The molecule has 0 radical (unpaired) electrons. The Hall–Kier alpha value is 0.620. The van der Waals surface area contributed by atoms with Crippen LogP contribution in [0, 0.1) is 0 Å². The summed E-state index contributed by atoms with van der Waals surface area (Å²) in [5, 5.41) is 0. The third-order valence-corrected chi connectivity index (χ3v) is 2.61. The van der Waals surface area contributed by atoms with Crippen LogP contribution in [-0.4, -0.2) is 0 Å². The lowest BCUT2D eigenvalue weighted by Crippen LogP contribution is -1.69. The zero-order chi connectivity index (χ0) is 10.3. The fraction of sp³-hybridized carbons (Fsp3) is 0.500. The molecule has 0 aromatic carbocycles.